The monoisotopic (exact) mass is 242 g/mol. The SMILES string of the molecule is O=C(c1ccccc1)c1ccccc1N[N+](=O)[O-]. The molecule has 5 heteroatoms. The summed E-state index contributed by atoms with van der Waals surface area (Å²) in [6.45, 7) is 0. The van der Waals surface area contributed by atoms with Crippen molar-refractivity contribution < 1.29 is 9.83 Å². The molecule has 0 radical (unpaired) electrons. The summed E-state index contributed by atoms with van der Waals surface area (Å²) in [6, 6.07) is 15.0. The van der Waals surface area contributed by atoms with Crippen LogP contribution in [-0.2, 0) is 0 Å². The van der Waals surface area contributed by atoms with Gasteiger partial charge < -0.3 is 0 Å². The topological polar surface area (TPSA) is 72.2 Å². The first-order chi connectivity index (χ1) is 8.68. The fourth-order valence-corrected chi connectivity index (χ4v) is 1.62. The van der Waals surface area contributed by atoms with Crippen LogP contribution in [0.2, 0.25) is 0 Å². The van der Waals surface area contributed by atoms with Crippen LogP contribution < -0.4 is 5.43 Å². The molecule has 1 N–H and O–H groups in total. The quantitative estimate of drug-likeness (QED) is 0.508. The van der Waals surface area contributed by atoms with E-state index in [9.17, 15) is 14.9 Å². The molecule has 0 bridgehead atoms. The van der Waals surface area contributed by atoms with E-state index in [-0.39, 0.29) is 17.0 Å². The Balaban J connectivity index is 2.39. The largest absolute Gasteiger partial charge is 0.289 e. The van der Waals surface area contributed by atoms with Crippen molar-refractivity contribution in [3.05, 3.63) is 75.8 Å². The van der Waals surface area contributed by atoms with Crippen LogP contribution in [0.5, 0.6) is 0 Å². The number of carbonyl (C=O) groups excluding carboxylic acids is 1. The zero-order chi connectivity index (χ0) is 13.0. The van der Waals surface area contributed by atoms with E-state index < -0.39 is 5.03 Å². The zero-order valence-electron chi connectivity index (χ0n) is 9.37. The Hall–Kier alpha value is -2.69. The highest BCUT2D eigenvalue weighted by Crippen LogP contribution is 2.18. The molecule has 0 aromatic heterocycles. The molecule has 0 atom stereocenters. The number of ketones is 1. The Bertz CT molecular complexity index is 582. The molecule has 0 aliphatic heterocycles. The van der Waals surface area contributed by atoms with Crippen molar-refractivity contribution in [2.75, 3.05) is 5.43 Å². The zero-order valence-corrected chi connectivity index (χ0v) is 9.37. The average Bonchev–Trinajstić information content (AvgIpc) is 2.39. The predicted molar refractivity (Wildman–Crippen MR) is 66.9 cm³/mol. The number of hydrazine groups is 1. The molecule has 90 valence electrons. The normalized spacial score (nSPS) is 9.78. The molecule has 5 nitrogen and oxygen atoms in total. The Labute approximate surface area is 103 Å². The van der Waals surface area contributed by atoms with Crippen LogP contribution in [0.3, 0.4) is 0 Å². The Kier molecular flexibility index (Phi) is 3.33. The van der Waals surface area contributed by atoms with Crippen LogP contribution in [0.25, 0.3) is 0 Å². The summed E-state index contributed by atoms with van der Waals surface area (Å²) >= 11 is 0. The third-order valence-corrected chi connectivity index (χ3v) is 2.42. The van der Waals surface area contributed by atoms with E-state index in [1.165, 1.54) is 6.07 Å². The predicted octanol–water partition coefficient (Wildman–Crippen LogP) is 2.52. The van der Waals surface area contributed by atoms with Gasteiger partial charge in [-0.3, -0.25) is 4.79 Å². The highest BCUT2D eigenvalue weighted by molar-refractivity contribution is 6.12. The van der Waals surface area contributed by atoms with E-state index in [1.807, 2.05) is 5.43 Å². The van der Waals surface area contributed by atoms with E-state index in [0.29, 0.717) is 5.56 Å². The maximum Gasteiger partial charge on any atom is 0.195 e. The second-order valence-electron chi connectivity index (χ2n) is 3.61. The van der Waals surface area contributed by atoms with Crippen LogP contribution in [0.1, 0.15) is 15.9 Å². The van der Waals surface area contributed by atoms with Crippen LogP contribution >= 0.6 is 0 Å². The van der Waals surface area contributed by atoms with Crippen LogP contribution in [0.15, 0.2) is 54.6 Å². The number of carbonyl (C=O) groups is 1. The lowest BCUT2D eigenvalue weighted by molar-refractivity contribution is -0.445. The number of benzene rings is 2. The number of nitrogens with zero attached hydrogens (tertiary/aromatic N) is 1. The molecule has 0 saturated heterocycles. The van der Waals surface area contributed by atoms with Gasteiger partial charge in [0.05, 0.1) is 5.56 Å². The highest BCUT2D eigenvalue weighted by atomic mass is 16.7. The maximum atomic E-state index is 12.2. The van der Waals surface area contributed by atoms with Gasteiger partial charge in [-0.25, -0.2) is 10.1 Å². The van der Waals surface area contributed by atoms with Crippen molar-refractivity contribution >= 4 is 11.5 Å². The summed E-state index contributed by atoms with van der Waals surface area (Å²) in [4.78, 5) is 22.6. The molecule has 0 amide bonds. The molecule has 0 saturated carbocycles. The summed E-state index contributed by atoms with van der Waals surface area (Å²) in [7, 11) is 0. The van der Waals surface area contributed by atoms with Gasteiger partial charge in [-0.2, -0.15) is 0 Å². The number of rotatable bonds is 4. The third kappa shape index (κ3) is 2.52. The molecule has 0 aliphatic rings. The standard InChI is InChI=1S/C13H10N2O3/c16-13(10-6-2-1-3-7-10)11-8-4-5-9-12(11)14-15(17)18/h1-9,14H. The molecule has 0 aliphatic carbocycles. The number of hydrogen-bond acceptors (Lipinski definition) is 3. The number of anilines is 1. The first kappa shape index (κ1) is 11.8. The number of nitrogens with one attached hydrogen (secondary N) is 1. The number of nitro groups is 1. The second kappa shape index (κ2) is 5.09. The van der Waals surface area contributed by atoms with E-state index >= 15 is 0 Å². The summed E-state index contributed by atoms with van der Waals surface area (Å²) in [5, 5.41) is 9.78. The molecule has 0 spiro atoms. The lowest BCUT2D eigenvalue weighted by Gasteiger charge is -2.05. The van der Waals surface area contributed by atoms with Gasteiger partial charge in [0.15, 0.2) is 10.8 Å². The molecule has 0 unspecified atom stereocenters. The van der Waals surface area contributed by atoms with Gasteiger partial charge in [0.25, 0.3) is 0 Å². The summed E-state index contributed by atoms with van der Waals surface area (Å²) in [5.74, 6) is -0.249. The van der Waals surface area contributed by atoms with Gasteiger partial charge >= 0.3 is 0 Å². The number of hydrogen-bond donors (Lipinski definition) is 1. The first-order valence-corrected chi connectivity index (χ1v) is 5.28. The molecule has 18 heavy (non-hydrogen) atoms. The molecule has 0 heterocycles. The van der Waals surface area contributed by atoms with Crippen molar-refractivity contribution in [1.29, 1.82) is 0 Å². The minimum Gasteiger partial charge on any atom is -0.289 e. The lowest BCUT2D eigenvalue weighted by Crippen LogP contribution is -2.12. The van der Waals surface area contributed by atoms with Gasteiger partial charge in [-0.1, -0.05) is 42.5 Å². The van der Waals surface area contributed by atoms with E-state index in [0.717, 1.165) is 0 Å². The van der Waals surface area contributed by atoms with Crippen molar-refractivity contribution in [2.24, 2.45) is 0 Å². The van der Waals surface area contributed by atoms with E-state index in [4.69, 9.17) is 0 Å². The maximum absolute atomic E-state index is 12.2. The Morgan fingerprint density at radius 2 is 1.61 bits per heavy atom. The average molecular weight is 242 g/mol. The van der Waals surface area contributed by atoms with E-state index in [2.05, 4.69) is 0 Å². The molecule has 2 aromatic rings. The fraction of sp³-hybridized carbons (Fsp3) is 0. The van der Waals surface area contributed by atoms with Gasteiger partial charge in [0, 0.05) is 5.56 Å². The van der Waals surface area contributed by atoms with Crippen LogP contribution in [0, 0.1) is 10.1 Å². The molecular weight excluding hydrogens is 232 g/mol. The Morgan fingerprint density at radius 1 is 1.00 bits per heavy atom. The number of para-hydroxylation sites is 1. The van der Waals surface area contributed by atoms with Gasteiger partial charge in [0.2, 0.25) is 0 Å². The smallest absolute Gasteiger partial charge is 0.195 e. The second-order valence-corrected chi connectivity index (χ2v) is 3.61. The van der Waals surface area contributed by atoms with Crippen molar-refractivity contribution in [2.45, 2.75) is 0 Å². The van der Waals surface area contributed by atoms with Gasteiger partial charge in [-0.05, 0) is 12.1 Å². The summed E-state index contributed by atoms with van der Waals surface area (Å²) in [6.07, 6.45) is 0. The fourth-order valence-electron chi connectivity index (χ4n) is 1.62. The minimum atomic E-state index is -0.683. The molecule has 2 rings (SSSR count). The minimum absolute atomic E-state index is 0.191. The van der Waals surface area contributed by atoms with Crippen LogP contribution in [-0.4, -0.2) is 10.8 Å². The van der Waals surface area contributed by atoms with E-state index in [1.54, 1.807) is 48.5 Å². The lowest BCUT2D eigenvalue weighted by atomic mass is 10.0. The molecular formula is C13H10N2O3. The van der Waals surface area contributed by atoms with Crippen molar-refractivity contribution in [1.82, 2.24) is 0 Å². The van der Waals surface area contributed by atoms with Gasteiger partial charge in [0.1, 0.15) is 5.69 Å². The van der Waals surface area contributed by atoms with Crippen LogP contribution in [0.4, 0.5) is 5.69 Å². The third-order valence-electron chi connectivity index (χ3n) is 2.42. The molecule has 0 fully saturated rings. The Morgan fingerprint density at radius 3 is 2.28 bits per heavy atom. The van der Waals surface area contributed by atoms with Gasteiger partial charge in [-0.15, -0.1) is 5.43 Å². The van der Waals surface area contributed by atoms with Crippen molar-refractivity contribution in [3.63, 3.8) is 0 Å². The van der Waals surface area contributed by atoms with Crippen molar-refractivity contribution in [3.8, 4) is 0 Å². The first-order valence-electron chi connectivity index (χ1n) is 5.28. The highest BCUT2D eigenvalue weighted by Gasteiger charge is 2.15. The molecule has 2 aromatic carbocycles. The summed E-state index contributed by atoms with van der Waals surface area (Å²) in [5.41, 5.74) is 2.99. The summed E-state index contributed by atoms with van der Waals surface area (Å²) < 4.78 is 0.